The molecule has 0 radical (unpaired) electrons. The summed E-state index contributed by atoms with van der Waals surface area (Å²) in [5.74, 6) is -0.0312. The molecule has 1 heterocycles. The molecule has 1 aliphatic carbocycles. The number of hydrogen-bond acceptors (Lipinski definition) is 5. The normalized spacial score (nSPS) is 24.5. The van der Waals surface area contributed by atoms with E-state index in [1.807, 2.05) is 0 Å². The summed E-state index contributed by atoms with van der Waals surface area (Å²) in [6, 6.07) is -0.142. The second kappa shape index (κ2) is 5.13. The number of hydrogen-bond donors (Lipinski definition) is 3. The molecule has 1 aromatic rings. The molecule has 1 aromatic heterocycles. The number of carbonyl (C=O) groups is 1. The van der Waals surface area contributed by atoms with Crippen LogP contribution in [0.1, 0.15) is 25.7 Å². The Kier molecular flexibility index (Phi) is 3.58. The number of nitrogens with two attached hydrogens (primary N) is 1. The van der Waals surface area contributed by atoms with Gasteiger partial charge in [-0.3, -0.25) is 4.79 Å². The maximum Gasteiger partial charge on any atom is 0.242 e. The standard InChI is InChI=1S/C10H17N5O2/c11-10-12-6-15(14-10)5-9(17)13-7-3-1-2-4-8(7)16/h6-8,16H,1-5H2,(H2,11,14)(H,13,17). The summed E-state index contributed by atoms with van der Waals surface area (Å²) >= 11 is 0. The van der Waals surface area contributed by atoms with Crippen molar-refractivity contribution in [1.29, 1.82) is 0 Å². The van der Waals surface area contributed by atoms with Gasteiger partial charge in [0.15, 0.2) is 0 Å². The molecule has 1 amide bonds. The van der Waals surface area contributed by atoms with Gasteiger partial charge in [0.2, 0.25) is 11.9 Å². The molecule has 94 valence electrons. The van der Waals surface area contributed by atoms with Crippen molar-refractivity contribution in [3.05, 3.63) is 6.33 Å². The number of nitrogen functional groups attached to an aromatic ring is 1. The number of aromatic nitrogens is 3. The predicted octanol–water partition coefficient (Wildman–Crippen LogP) is -0.720. The maximum atomic E-state index is 11.7. The number of carbonyl (C=O) groups excluding carboxylic acids is 1. The number of nitrogens with one attached hydrogen (secondary N) is 1. The van der Waals surface area contributed by atoms with E-state index >= 15 is 0 Å². The topological polar surface area (TPSA) is 106 Å². The van der Waals surface area contributed by atoms with Crippen LogP contribution in [-0.2, 0) is 11.3 Å². The summed E-state index contributed by atoms with van der Waals surface area (Å²) in [4.78, 5) is 15.4. The average molecular weight is 239 g/mol. The Hall–Kier alpha value is -1.63. The molecule has 7 nitrogen and oxygen atoms in total. The lowest BCUT2D eigenvalue weighted by Gasteiger charge is -2.28. The molecule has 4 N–H and O–H groups in total. The number of nitrogens with zero attached hydrogens (tertiary/aromatic N) is 3. The molecule has 0 bridgehead atoms. The van der Waals surface area contributed by atoms with E-state index < -0.39 is 6.10 Å². The summed E-state index contributed by atoms with van der Waals surface area (Å²) in [5, 5.41) is 16.3. The molecule has 17 heavy (non-hydrogen) atoms. The molecule has 7 heteroatoms. The summed E-state index contributed by atoms with van der Waals surface area (Å²) in [7, 11) is 0. The molecule has 2 atom stereocenters. The van der Waals surface area contributed by atoms with Crippen molar-refractivity contribution in [2.45, 2.75) is 44.4 Å². The van der Waals surface area contributed by atoms with Gasteiger partial charge < -0.3 is 16.2 Å². The molecule has 0 spiro atoms. The van der Waals surface area contributed by atoms with Crippen LogP contribution in [0.5, 0.6) is 0 Å². The van der Waals surface area contributed by atoms with Crippen LogP contribution in [0, 0.1) is 0 Å². The van der Waals surface area contributed by atoms with Gasteiger partial charge in [0.25, 0.3) is 0 Å². The van der Waals surface area contributed by atoms with Crippen molar-refractivity contribution in [1.82, 2.24) is 20.1 Å². The summed E-state index contributed by atoms with van der Waals surface area (Å²) in [6.45, 7) is 0.0768. The minimum absolute atomic E-state index is 0.0768. The van der Waals surface area contributed by atoms with Crippen molar-refractivity contribution in [3.63, 3.8) is 0 Å². The molecule has 1 fully saturated rings. The average Bonchev–Trinajstić information content (AvgIpc) is 2.67. The highest BCUT2D eigenvalue weighted by Crippen LogP contribution is 2.18. The van der Waals surface area contributed by atoms with Gasteiger partial charge in [-0.05, 0) is 12.8 Å². The van der Waals surface area contributed by atoms with E-state index in [0.29, 0.717) is 0 Å². The van der Waals surface area contributed by atoms with Gasteiger partial charge in [0, 0.05) is 0 Å². The van der Waals surface area contributed by atoms with E-state index in [-0.39, 0.29) is 24.4 Å². The zero-order chi connectivity index (χ0) is 12.3. The Balaban J connectivity index is 1.84. The largest absolute Gasteiger partial charge is 0.391 e. The Bertz CT molecular complexity index is 392. The van der Waals surface area contributed by atoms with Gasteiger partial charge in [0.1, 0.15) is 12.9 Å². The van der Waals surface area contributed by atoms with E-state index in [1.54, 1.807) is 0 Å². The Morgan fingerprint density at radius 2 is 2.35 bits per heavy atom. The third-order valence-corrected chi connectivity index (χ3v) is 2.94. The first kappa shape index (κ1) is 11.8. The van der Waals surface area contributed by atoms with Crippen LogP contribution >= 0.6 is 0 Å². The van der Waals surface area contributed by atoms with Gasteiger partial charge in [0.05, 0.1) is 12.1 Å². The van der Waals surface area contributed by atoms with Gasteiger partial charge in [-0.2, -0.15) is 0 Å². The van der Waals surface area contributed by atoms with E-state index in [0.717, 1.165) is 25.7 Å². The maximum absolute atomic E-state index is 11.7. The number of anilines is 1. The highest BCUT2D eigenvalue weighted by molar-refractivity contribution is 5.76. The number of amides is 1. The molecule has 2 unspecified atom stereocenters. The van der Waals surface area contributed by atoms with E-state index in [4.69, 9.17) is 5.73 Å². The second-order valence-electron chi connectivity index (χ2n) is 4.33. The van der Waals surface area contributed by atoms with Gasteiger partial charge in [-0.25, -0.2) is 9.67 Å². The van der Waals surface area contributed by atoms with Crippen molar-refractivity contribution >= 4 is 11.9 Å². The van der Waals surface area contributed by atoms with Crippen molar-refractivity contribution in [3.8, 4) is 0 Å². The minimum atomic E-state index is -0.437. The molecular formula is C10H17N5O2. The smallest absolute Gasteiger partial charge is 0.242 e. The molecule has 0 aromatic carbocycles. The predicted molar refractivity (Wildman–Crippen MR) is 60.8 cm³/mol. The lowest BCUT2D eigenvalue weighted by Crippen LogP contribution is -2.46. The van der Waals surface area contributed by atoms with Crippen molar-refractivity contribution in [2.75, 3.05) is 5.73 Å². The van der Waals surface area contributed by atoms with Gasteiger partial charge in [-0.15, -0.1) is 5.10 Å². The fraction of sp³-hybridized carbons (Fsp3) is 0.700. The quantitative estimate of drug-likeness (QED) is 0.645. The Labute approximate surface area is 99.0 Å². The minimum Gasteiger partial charge on any atom is -0.391 e. The lowest BCUT2D eigenvalue weighted by molar-refractivity contribution is -0.123. The molecule has 1 saturated carbocycles. The van der Waals surface area contributed by atoms with Crippen LogP contribution < -0.4 is 11.1 Å². The fourth-order valence-electron chi connectivity index (χ4n) is 2.06. The Morgan fingerprint density at radius 3 is 3.00 bits per heavy atom. The molecule has 0 saturated heterocycles. The van der Waals surface area contributed by atoms with Crippen LogP contribution in [0.2, 0.25) is 0 Å². The van der Waals surface area contributed by atoms with Crippen LogP contribution in [0.15, 0.2) is 6.33 Å². The fourth-order valence-corrected chi connectivity index (χ4v) is 2.06. The van der Waals surface area contributed by atoms with Crippen LogP contribution in [0.25, 0.3) is 0 Å². The highest BCUT2D eigenvalue weighted by atomic mass is 16.3. The van der Waals surface area contributed by atoms with E-state index in [1.165, 1.54) is 11.0 Å². The van der Waals surface area contributed by atoms with E-state index in [2.05, 4.69) is 15.4 Å². The lowest BCUT2D eigenvalue weighted by atomic mass is 9.92. The SMILES string of the molecule is Nc1ncn(CC(=O)NC2CCCCC2O)n1. The molecule has 1 aliphatic rings. The summed E-state index contributed by atoms with van der Waals surface area (Å²) in [5.41, 5.74) is 5.35. The number of rotatable bonds is 3. The van der Waals surface area contributed by atoms with Crippen LogP contribution in [-0.4, -0.2) is 37.9 Å². The van der Waals surface area contributed by atoms with Gasteiger partial charge >= 0.3 is 0 Å². The summed E-state index contributed by atoms with van der Waals surface area (Å²) in [6.07, 6.45) is 4.61. The van der Waals surface area contributed by atoms with Crippen LogP contribution in [0.3, 0.4) is 0 Å². The number of aliphatic hydroxyl groups excluding tert-OH is 1. The molecular weight excluding hydrogens is 222 g/mol. The monoisotopic (exact) mass is 239 g/mol. The van der Waals surface area contributed by atoms with Crippen molar-refractivity contribution < 1.29 is 9.90 Å². The molecule has 0 aliphatic heterocycles. The van der Waals surface area contributed by atoms with Crippen LogP contribution in [0.4, 0.5) is 5.95 Å². The Morgan fingerprint density at radius 1 is 1.59 bits per heavy atom. The first-order valence-corrected chi connectivity index (χ1v) is 5.77. The van der Waals surface area contributed by atoms with Crippen molar-refractivity contribution in [2.24, 2.45) is 0 Å². The number of aliphatic hydroxyl groups is 1. The first-order valence-electron chi connectivity index (χ1n) is 5.77. The second-order valence-corrected chi connectivity index (χ2v) is 4.33. The highest BCUT2D eigenvalue weighted by Gasteiger charge is 2.24. The third-order valence-electron chi connectivity index (χ3n) is 2.94. The molecule has 2 rings (SSSR count). The summed E-state index contributed by atoms with van der Waals surface area (Å²) < 4.78 is 1.37. The van der Waals surface area contributed by atoms with E-state index in [9.17, 15) is 9.90 Å². The first-order chi connectivity index (χ1) is 8.15. The zero-order valence-electron chi connectivity index (χ0n) is 9.54. The zero-order valence-corrected chi connectivity index (χ0v) is 9.54. The van der Waals surface area contributed by atoms with Gasteiger partial charge in [-0.1, -0.05) is 12.8 Å². The third kappa shape index (κ3) is 3.16.